The van der Waals surface area contributed by atoms with Crippen LogP contribution in [0.5, 0.6) is 0 Å². The second kappa shape index (κ2) is 7.98. The number of hydrogen-bond acceptors (Lipinski definition) is 4. The van der Waals surface area contributed by atoms with Crippen LogP contribution in [0.15, 0.2) is 48.5 Å². The Hall–Kier alpha value is -2.30. The molecule has 0 fully saturated rings. The smallest absolute Gasteiger partial charge is 0.229 e. The average molecular weight is 413 g/mol. The second-order valence-corrected chi connectivity index (χ2v) is 8.22. The van der Waals surface area contributed by atoms with E-state index < -0.39 is 0 Å². The molecule has 4 nitrogen and oxygen atoms in total. The summed E-state index contributed by atoms with van der Waals surface area (Å²) in [6.07, 6.45) is 0.952. The van der Waals surface area contributed by atoms with Crippen molar-refractivity contribution in [3.8, 4) is 0 Å². The van der Waals surface area contributed by atoms with Gasteiger partial charge in [-0.1, -0.05) is 49.2 Å². The van der Waals surface area contributed by atoms with Crippen LogP contribution < -0.4 is 10.2 Å². The van der Waals surface area contributed by atoms with Crippen molar-refractivity contribution >= 4 is 40.7 Å². The number of rotatable bonds is 4. The Labute approximate surface area is 175 Å². The SMILES string of the molecule is CC(C)c1cc(N2CCc3cc(Cl)ccc3C2)nc(Nc2cccc(Cl)c2)n1. The summed E-state index contributed by atoms with van der Waals surface area (Å²) in [5.74, 6) is 1.83. The van der Waals surface area contributed by atoms with E-state index in [1.54, 1.807) is 0 Å². The highest BCUT2D eigenvalue weighted by Crippen LogP contribution is 2.28. The van der Waals surface area contributed by atoms with Crippen LogP contribution in [0, 0.1) is 0 Å². The number of hydrogen-bond donors (Lipinski definition) is 1. The van der Waals surface area contributed by atoms with Crippen LogP contribution >= 0.6 is 23.2 Å². The number of anilines is 3. The molecule has 4 rings (SSSR count). The van der Waals surface area contributed by atoms with Crippen molar-refractivity contribution in [1.82, 2.24) is 9.97 Å². The van der Waals surface area contributed by atoms with Crippen molar-refractivity contribution in [2.45, 2.75) is 32.7 Å². The summed E-state index contributed by atoms with van der Waals surface area (Å²) in [7, 11) is 0. The number of fused-ring (bicyclic) bond motifs is 1. The molecule has 0 atom stereocenters. The summed E-state index contributed by atoms with van der Waals surface area (Å²) >= 11 is 12.2. The van der Waals surface area contributed by atoms with E-state index in [0.717, 1.165) is 41.7 Å². The number of nitrogens with one attached hydrogen (secondary N) is 1. The third-order valence-corrected chi connectivity index (χ3v) is 5.38. The van der Waals surface area contributed by atoms with Gasteiger partial charge in [-0.25, -0.2) is 4.98 Å². The van der Waals surface area contributed by atoms with Gasteiger partial charge in [0.05, 0.1) is 5.69 Å². The normalized spacial score (nSPS) is 13.5. The Bertz CT molecular complexity index is 1000. The molecule has 0 amide bonds. The van der Waals surface area contributed by atoms with E-state index in [2.05, 4.69) is 42.3 Å². The number of nitrogens with zero attached hydrogens (tertiary/aromatic N) is 3. The van der Waals surface area contributed by atoms with Crippen molar-refractivity contribution < 1.29 is 0 Å². The van der Waals surface area contributed by atoms with Crippen molar-refractivity contribution in [2.24, 2.45) is 0 Å². The predicted octanol–water partition coefficient (Wildman–Crippen LogP) is 6.21. The highest BCUT2D eigenvalue weighted by molar-refractivity contribution is 6.31. The molecule has 0 radical (unpaired) electrons. The van der Waals surface area contributed by atoms with Gasteiger partial charge in [0.2, 0.25) is 5.95 Å². The largest absolute Gasteiger partial charge is 0.352 e. The van der Waals surface area contributed by atoms with Crippen molar-refractivity contribution in [1.29, 1.82) is 0 Å². The standard InChI is InChI=1S/C22H22Cl2N4/c1-14(2)20-12-21(27-22(26-20)25-19-5-3-4-17(23)11-19)28-9-8-15-10-18(24)7-6-16(15)13-28/h3-7,10-12,14H,8-9,13H2,1-2H3,(H,25,26,27). The van der Waals surface area contributed by atoms with Crippen LogP contribution in [0.1, 0.15) is 36.6 Å². The fraction of sp³-hybridized carbons (Fsp3) is 0.273. The van der Waals surface area contributed by atoms with Gasteiger partial charge in [-0.3, -0.25) is 0 Å². The fourth-order valence-electron chi connectivity index (χ4n) is 3.38. The van der Waals surface area contributed by atoms with E-state index >= 15 is 0 Å². The Kier molecular flexibility index (Phi) is 5.42. The molecule has 1 aliphatic heterocycles. The van der Waals surface area contributed by atoms with Crippen LogP contribution in [0.2, 0.25) is 10.0 Å². The Balaban J connectivity index is 1.65. The van der Waals surface area contributed by atoms with Crippen LogP contribution in [0.3, 0.4) is 0 Å². The topological polar surface area (TPSA) is 41.1 Å². The van der Waals surface area contributed by atoms with E-state index in [1.165, 1.54) is 11.1 Å². The lowest BCUT2D eigenvalue weighted by molar-refractivity contribution is 0.714. The van der Waals surface area contributed by atoms with Crippen LogP contribution in [0.25, 0.3) is 0 Å². The molecule has 0 aliphatic carbocycles. The summed E-state index contributed by atoms with van der Waals surface area (Å²) in [6, 6.07) is 15.8. The highest BCUT2D eigenvalue weighted by Gasteiger charge is 2.20. The molecule has 1 aliphatic rings. The lowest BCUT2D eigenvalue weighted by atomic mass is 10.00. The zero-order chi connectivity index (χ0) is 19.7. The monoisotopic (exact) mass is 412 g/mol. The first-order valence-electron chi connectivity index (χ1n) is 9.42. The number of aromatic nitrogens is 2. The first kappa shape index (κ1) is 19.0. The molecule has 6 heteroatoms. The van der Waals surface area contributed by atoms with Gasteiger partial charge in [0.25, 0.3) is 0 Å². The number of benzene rings is 2. The summed E-state index contributed by atoms with van der Waals surface area (Å²) in [5.41, 5.74) is 4.50. The molecule has 28 heavy (non-hydrogen) atoms. The van der Waals surface area contributed by atoms with E-state index in [9.17, 15) is 0 Å². The van der Waals surface area contributed by atoms with Gasteiger partial charge in [0.1, 0.15) is 5.82 Å². The maximum atomic E-state index is 6.14. The van der Waals surface area contributed by atoms with Gasteiger partial charge < -0.3 is 10.2 Å². The van der Waals surface area contributed by atoms with E-state index in [4.69, 9.17) is 33.2 Å². The summed E-state index contributed by atoms with van der Waals surface area (Å²) < 4.78 is 0. The second-order valence-electron chi connectivity index (χ2n) is 7.35. The van der Waals surface area contributed by atoms with E-state index in [1.807, 2.05) is 30.3 Å². The number of halogens is 2. The maximum absolute atomic E-state index is 6.14. The molecule has 0 unspecified atom stereocenters. The molecule has 144 valence electrons. The van der Waals surface area contributed by atoms with Crippen molar-refractivity contribution in [3.05, 3.63) is 75.4 Å². The Morgan fingerprint density at radius 3 is 2.57 bits per heavy atom. The van der Waals surface area contributed by atoms with Gasteiger partial charge in [0, 0.05) is 34.9 Å². The molecular formula is C22H22Cl2N4. The first-order chi connectivity index (χ1) is 13.5. The minimum atomic E-state index is 0.303. The van der Waals surface area contributed by atoms with Crippen LogP contribution in [0.4, 0.5) is 17.5 Å². The van der Waals surface area contributed by atoms with Gasteiger partial charge in [-0.05, 0) is 53.8 Å². The van der Waals surface area contributed by atoms with E-state index in [-0.39, 0.29) is 0 Å². The molecule has 2 aromatic carbocycles. The van der Waals surface area contributed by atoms with Crippen molar-refractivity contribution in [2.75, 3.05) is 16.8 Å². The molecule has 1 N–H and O–H groups in total. The predicted molar refractivity (Wildman–Crippen MR) is 117 cm³/mol. The summed E-state index contributed by atoms with van der Waals surface area (Å²) in [6.45, 7) is 6.00. The summed E-state index contributed by atoms with van der Waals surface area (Å²) in [5, 5.41) is 4.77. The van der Waals surface area contributed by atoms with Gasteiger partial charge in [-0.2, -0.15) is 4.98 Å². The lowest BCUT2D eigenvalue weighted by Crippen LogP contribution is -2.31. The molecule has 3 aromatic rings. The van der Waals surface area contributed by atoms with Gasteiger partial charge >= 0.3 is 0 Å². The fourth-order valence-corrected chi connectivity index (χ4v) is 3.76. The van der Waals surface area contributed by atoms with Gasteiger partial charge in [0.15, 0.2) is 0 Å². The zero-order valence-corrected chi connectivity index (χ0v) is 17.4. The lowest BCUT2D eigenvalue weighted by Gasteiger charge is -2.30. The zero-order valence-electron chi connectivity index (χ0n) is 15.9. The molecular weight excluding hydrogens is 391 g/mol. The van der Waals surface area contributed by atoms with Gasteiger partial charge in [-0.15, -0.1) is 0 Å². The minimum Gasteiger partial charge on any atom is -0.352 e. The molecule has 0 bridgehead atoms. The molecule has 0 saturated heterocycles. The molecule has 1 aromatic heterocycles. The average Bonchev–Trinajstić information content (AvgIpc) is 2.67. The first-order valence-corrected chi connectivity index (χ1v) is 10.2. The summed E-state index contributed by atoms with van der Waals surface area (Å²) in [4.78, 5) is 11.8. The van der Waals surface area contributed by atoms with Crippen LogP contribution in [-0.4, -0.2) is 16.5 Å². The van der Waals surface area contributed by atoms with Crippen LogP contribution in [-0.2, 0) is 13.0 Å². The Morgan fingerprint density at radius 1 is 0.964 bits per heavy atom. The van der Waals surface area contributed by atoms with Crippen molar-refractivity contribution in [3.63, 3.8) is 0 Å². The molecule has 0 spiro atoms. The molecule has 0 saturated carbocycles. The third kappa shape index (κ3) is 4.23. The van der Waals surface area contributed by atoms with E-state index in [0.29, 0.717) is 16.9 Å². The minimum absolute atomic E-state index is 0.303. The highest BCUT2D eigenvalue weighted by atomic mass is 35.5. The quantitative estimate of drug-likeness (QED) is 0.552. The Morgan fingerprint density at radius 2 is 1.79 bits per heavy atom. The third-order valence-electron chi connectivity index (χ3n) is 4.91. The molecule has 2 heterocycles. The maximum Gasteiger partial charge on any atom is 0.229 e.